The lowest BCUT2D eigenvalue weighted by Gasteiger charge is -2.28. The summed E-state index contributed by atoms with van der Waals surface area (Å²) >= 11 is 0. The van der Waals surface area contributed by atoms with E-state index in [9.17, 15) is 17.8 Å². The van der Waals surface area contributed by atoms with E-state index >= 15 is 0 Å². The van der Waals surface area contributed by atoms with Crippen molar-refractivity contribution in [1.82, 2.24) is 0 Å². The van der Waals surface area contributed by atoms with Gasteiger partial charge in [0, 0.05) is 36.0 Å². The zero-order valence-electron chi connectivity index (χ0n) is 19.3. The van der Waals surface area contributed by atoms with Crippen LogP contribution in [0.5, 0.6) is 0 Å². The summed E-state index contributed by atoms with van der Waals surface area (Å²) in [5, 5.41) is 12.0. The quantitative estimate of drug-likeness (QED) is 0.221. The minimum atomic E-state index is -4.33. The van der Waals surface area contributed by atoms with Crippen molar-refractivity contribution in [1.29, 1.82) is 0 Å². The highest BCUT2D eigenvalue weighted by molar-refractivity contribution is 7.85. The molecule has 8 heteroatoms. The Balaban J connectivity index is 2.32. The number of aliphatic carboxylic acids is 1. The van der Waals surface area contributed by atoms with Gasteiger partial charge in [0.1, 0.15) is 0 Å². The third-order valence-corrected chi connectivity index (χ3v) is 6.27. The minimum Gasteiger partial charge on any atom is -0.481 e. The van der Waals surface area contributed by atoms with Gasteiger partial charge in [0.05, 0.1) is 4.90 Å². The molecule has 0 amide bonds. The zero-order valence-corrected chi connectivity index (χ0v) is 20.1. The first kappa shape index (κ1) is 26.3. The number of hydrogen-bond acceptors (Lipinski definition) is 5. The summed E-state index contributed by atoms with van der Waals surface area (Å²) in [7, 11) is -4.33. The van der Waals surface area contributed by atoms with Crippen LogP contribution < -0.4 is 5.32 Å². The van der Waals surface area contributed by atoms with E-state index in [0.29, 0.717) is 13.0 Å². The number of allylic oxidation sites excluding steroid dienone is 1. The summed E-state index contributed by atoms with van der Waals surface area (Å²) in [5.74, 6) is -0.801. The number of nitrogens with zero attached hydrogens (tertiary/aromatic N) is 1. The molecule has 2 aromatic rings. The maximum atomic E-state index is 11.7. The maximum absolute atomic E-state index is 11.7. The van der Waals surface area contributed by atoms with Gasteiger partial charge in [0.15, 0.2) is 0 Å². The van der Waals surface area contributed by atoms with Crippen LogP contribution >= 0.6 is 0 Å². The van der Waals surface area contributed by atoms with Gasteiger partial charge in [-0.3, -0.25) is 14.3 Å². The first-order valence-corrected chi connectivity index (χ1v) is 12.3. The molecule has 0 aromatic heterocycles. The first-order chi connectivity index (χ1) is 15.5. The van der Waals surface area contributed by atoms with Crippen molar-refractivity contribution >= 4 is 27.5 Å². The minimum absolute atomic E-state index is 0.143. The highest BCUT2D eigenvalue weighted by Gasteiger charge is 2.29. The molecule has 0 bridgehead atoms. The molecule has 0 saturated carbocycles. The number of aryl methyl sites for hydroxylation is 1. The van der Waals surface area contributed by atoms with Crippen LogP contribution in [-0.2, 0) is 20.3 Å². The highest BCUT2D eigenvalue weighted by Crippen LogP contribution is 2.31. The van der Waals surface area contributed by atoms with Crippen molar-refractivity contribution in [2.24, 2.45) is 4.99 Å². The molecule has 178 valence electrons. The molecule has 0 unspecified atom stereocenters. The standard InChI is InChI=1S/C25H32N2O5S/c1-19-13-14-21(33(30,31)32)18-22(19)25(2,3)23(27-16-9-5-8-12-24(28)29)15-17-26-20-10-6-4-7-11-20/h4,6-7,10-11,13-15,17-18,26H,5,8-9,12,16H2,1-3H3,(H,28,29)(H,30,31,32)/b17-15+,27-23+. The molecule has 0 radical (unpaired) electrons. The summed E-state index contributed by atoms with van der Waals surface area (Å²) < 4.78 is 32.9. The number of rotatable bonds is 12. The van der Waals surface area contributed by atoms with Crippen molar-refractivity contribution in [2.75, 3.05) is 11.9 Å². The SMILES string of the molecule is Cc1ccc(S(=O)(=O)O)cc1C(C)(C)C(/C=C/Nc1ccccc1)=N/CCCCCC(=O)O. The second-order valence-corrected chi connectivity index (χ2v) is 9.81. The van der Waals surface area contributed by atoms with Gasteiger partial charge < -0.3 is 10.4 Å². The molecule has 0 spiro atoms. The van der Waals surface area contributed by atoms with Crippen molar-refractivity contribution < 1.29 is 22.9 Å². The molecule has 2 rings (SSSR count). The predicted octanol–water partition coefficient (Wildman–Crippen LogP) is 5.23. The van der Waals surface area contributed by atoms with E-state index in [-0.39, 0.29) is 11.3 Å². The van der Waals surface area contributed by atoms with Crippen LogP contribution in [0.4, 0.5) is 5.69 Å². The molecule has 0 fully saturated rings. The molecule has 0 saturated heterocycles. The molecule has 7 nitrogen and oxygen atoms in total. The number of para-hydroxylation sites is 1. The summed E-state index contributed by atoms with van der Waals surface area (Å²) in [6, 6.07) is 14.2. The van der Waals surface area contributed by atoms with Crippen LogP contribution in [0.25, 0.3) is 0 Å². The normalized spacial score (nSPS) is 12.8. The van der Waals surface area contributed by atoms with Crippen LogP contribution in [0.15, 0.2) is 70.7 Å². The Morgan fingerprint density at radius 3 is 2.42 bits per heavy atom. The topological polar surface area (TPSA) is 116 Å². The van der Waals surface area contributed by atoms with E-state index in [4.69, 9.17) is 10.1 Å². The van der Waals surface area contributed by atoms with Crippen LogP contribution in [0.3, 0.4) is 0 Å². The number of carbonyl (C=O) groups is 1. The van der Waals surface area contributed by atoms with Gasteiger partial charge in [0.2, 0.25) is 0 Å². The predicted molar refractivity (Wildman–Crippen MR) is 132 cm³/mol. The Labute approximate surface area is 196 Å². The fourth-order valence-electron chi connectivity index (χ4n) is 3.55. The summed E-state index contributed by atoms with van der Waals surface area (Å²) in [6.07, 6.45) is 5.91. The summed E-state index contributed by atoms with van der Waals surface area (Å²) in [6.45, 7) is 6.32. The zero-order chi connectivity index (χ0) is 24.5. The van der Waals surface area contributed by atoms with E-state index in [0.717, 1.165) is 35.4 Å². The van der Waals surface area contributed by atoms with E-state index < -0.39 is 21.5 Å². The number of anilines is 1. The van der Waals surface area contributed by atoms with Gasteiger partial charge in [-0.05, 0) is 61.2 Å². The lowest BCUT2D eigenvalue weighted by Crippen LogP contribution is -2.29. The van der Waals surface area contributed by atoms with Crippen molar-refractivity contribution in [3.05, 3.63) is 71.9 Å². The Bertz CT molecular complexity index is 1110. The van der Waals surface area contributed by atoms with Gasteiger partial charge in [-0.15, -0.1) is 0 Å². The highest BCUT2D eigenvalue weighted by atomic mass is 32.2. The van der Waals surface area contributed by atoms with Gasteiger partial charge in [-0.2, -0.15) is 8.42 Å². The van der Waals surface area contributed by atoms with Crippen LogP contribution in [0.1, 0.15) is 50.7 Å². The molecule has 3 N–H and O–H groups in total. The molecule has 0 heterocycles. The second-order valence-electron chi connectivity index (χ2n) is 8.39. The average molecular weight is 473 g/mol. The maximum Gasteiger partial charge on any atom is 0.303 e. The van der Waals surface area contributed by atoms with Gasteiger partial charge in [-0.1, -0.05) is 44.5 Å². The van der Waals surface area contributed by atoms with Gasteiger partial charge >= 0.3 is 5.97 Å². The van der Waals surface area contributed by atoms with E-state index in [1.54, 1.807) is 12.3 Å². The lowest BCUT2D eigenvalue weighted by molar-refractivity contribution is -0.137. The second kappa shape index (κ2) is 11.8. The van der Waals surface area contributed by atoms with Crippen molar-refractivity contribution in [3.8, 4) is 0 Å². The number of benzene rings is 2. The third-order valence-electron chi connectivity index (χ3n) is 5.42. The van der Waals surface area contributed by atoms with Gasteiger partial charge in [-0.25, -0.2) is 0 Å². The number of unbranched alkanes of at least 4 members (excludes halogenated alkanes) is 2. The number of carboxylic acids is 1. The van der Waals surface area contributed by atoms with Crippen LogP contribution in [0.2, 0.25) is 0 Å². The number of hydrogen-bond donors (Lipinski definition) is 3. The molecule has 0 aliphatic carbocycles. The molecular formula is C25H32N2O5S. The molecule has 2 aromatic carbocycles. The fourth-order valence-corrected chi connectivity index (χ4v) is 4.05. The summed E-state index contributed by atoms with van der Waals surface area (Å²) in [5.41, 5.74) is 2.63. The number of nitrogens with one attached hydrogen (secondary N) is 1. The van der Waals surface area contributed by atoms with Gasteiger partial charge in [0.25, 0.3) is 10.1 Å². The molecule has 33 heavy (non-hydrogen) atoms. The first-order valence-electron chi connectivity index (χ1n) is 10.9. The Morgan fingerprint density at radius 2 is 1.79 bits per heavy atom. The lowest BCUT2D eigenvalue weighted by atomic mass is 9.77. The van der Waals surface area contributed by atoms with Crippen molar-refractivity contribution in [3.63, 3.8) is 0 Å². The number of carboxylic acid groups (broad SMARTS) is 1. The third kappa shape index (κ3) is 8.14. The Hall–Kier alpha value is -2.97. The molecule has 0 atom stereocenters. The average Bonchev–Trinajstić information content (AvgIpc) is 2.74. The molecule has 0 aliphatic rings. The van der Waals surface area contributed by atoms with E-state index in [1.165, 1.54) is 12.1 Å². The van der Waals surface area contributed by atoms with E-state index in [1.807, 2.05) is 57.2 Å². The smallest absolute Gasteiger partial charge is 0.303 e. The number of aliphatic imine (C=N–C) groups is 1. The Kier molecular flexibility index (Phi) is 9.37. The molecule has 0 aliphatic heterocycles. The van der Waals surface area contributed by atoms with Crippen molar-refractivity contribution in [2.45, 2.75) is 56.8 Å². The van der Waals surface area contributed by atoms with Crippen LogP contribution in [0, 0.1) is 6.92 Å². The van der Waals surface area contributed by atoms with E-state index in [2.05, 4.69) is 5.32 Å². The Morgan fingerprint density at radius 1 is 1.09 bits per heavy atom. The van der Waals surface area contributed by atoms with Crippen LogP contribution in [-0.4, -0.2) is 36.3 Å². The fraction of sp³-hybridized carbons (Fsp3) is 0.360. The largest absolute Gasteiger partial charge is 0.481 e. The molecular weight excluding hydrogens is 440 g/mol. The monoisotopic (exact) mass is 472 g/mol. The summed E-state index contributed by atoms with van der Waals surface area (Å²) in [4.78, 5) is 15.3.